The minimum atomic E-state index is 0.000425. The minimum absolute atomic E-state index is 0.000425. The Morgan fingerprint density at radius 1 is 1.48 bits per heavy atom. The molecule has 0 N–H and O–H groups in total. The van der Waals surface area contributed by atoms with Crippen molar-refractivity contribution in [1.82, 2.24) is 9.80 Å². The van der Waals surface area contributed by atoms with Crippen LogP contribution >= 0.6 is 27.3 Å². The topological polar surface area (TPSA) is 56.6 Å². The van der Waals surface area contributed by atoms with Gasteiger partial charge in [-0.25, -0.2) is 0 Å². The van der Waals surface area contributed by atoms with Gasteiger partial charge in [0.25, 0.3) is 5.91 Å². The fourth-order valence-corrected chi connectivity index (χ4v) is 3.32. The first-order valence-electron chi connectivity index (χ1n) is 6.91. The Hall–Kier alpha value is -0.940. The van der Waals surface area contributed by atoms with Gasteiger partial charge in [-0.05, 0) is 22.0 Å². The van der Waals surface area contributed by atoms with E-state index in [2.05, 4.69) is 26.9 Å². The summed E-state index contributed by atoms with van der Waals surface area (Å²) in [7, 11) is 0. The number of rotatable bonds is 6. The Bertz CT molecular complexity index is 509. The average Bonchev–Trinajstić information content (AvgIpc) is 2.94. The molecule has 114 valence electrons. The smallest absolute Gasteiger partial charge is 0.254 e. The lowest BCUT2D eigenvalue weighted by molar-refractivity contribution is 0.0326. The van der Waals surface area contributed by atoms with Crippen LogP contribution < -0.4 is 0 Å². The fourth-order valence-electron chi connectivity index (χ4n) is 2.19. The van der Waals surface area contributed by atoms with Gasteiger partial charge in [0.05, 0.1) is 35.1 Å². The summed E-state index contributed by atoms with van der Waals surface area (Å²) >= 11 is 4.87. The Balaban J connectivity index is 1.93. The van der Waals surface area contributed by atoms with Gasteiger partial charge in [-0.15, -0.1) is 11.3 Å². The predicted molar refractivity (Wildman–Crippen MR) is 85.4 cm³/mol. The van der Waals surface area contributed by atoms with Crippen molar-refractivity contribution in [3.8, 4) is 6.07 Å². The molecule has 1 saturated heterocycles. The van der Waals surface area contributed by atoms with E-state index in [9.17, 15) is 4.79 Å². The number of hydrogen-bond donors (Lipinski definition) is 0. The summed E-state index contributed by atoms with van der Waals surface area (Å²) < 4.78 is 6.27. The number of hydrogen-bond acceptors (Lipinski definition) is 5. The van der Waals surface area contributed by atoms with Crippen molar-refractivity contribution < 1.29 is 9.53 Å². The molecule has 0 radical (unpaired) electrons. The number of morpholine rings is 1. The van der Waals surface area contributed by atoms with Crippen LogP contribution in [0, 0.1) is 11.3 Å². The third-order valence-electron chi connectivity index (χ3n) is 3.38. The number of ether oxygens (including phenoxy) is 1. The van der Waals surface area contributed by atoms with Crippen LogP contribution in [0.5, 0.6) is 0 Å². The van der Waals surface area contributed by atoms with Crippen LogP contribution in [-0.2, 0) is 4.74 Å². The van der Waals surface area contributed by atoms with Crippen LogP contribution in [0.4, 0.5) is 0 Å². The minimum Gasteiger partial charge on any atom is -0.379 e. The van der Waals surface area contributed by atoms with Crippen molar-refractivity contribution in [2.45, 2.75) is 6.42 Å². The highest BCUT2D eigenvalue weighted by Crippen LogP contribution is 2.21. The molecular weight excluding hydrogens is 354 g/mol. The second-order valence-corrected chi connectivity index (χ2v) is 7.08. The molecule has 0 spiro atoms. The summed E-state index contributed by atoms with van der Waals surface area (Å²) in [4.78, 5) is 16.6. The van der Waals surface area contributed by atoms with Crippen LogP contribution in [0.25, 0.3) is 0 Å². The molecule has 1 aliphatic rings. The summed E-state index contributed by atoms with van der Waals surface area (Å²) in [5.41, 5.74) is 0.687. The van der Waals surface area contributed by atoms with Gasteiger partial charge < -0.3 is 9.64 Å². The van der Waals surface area contributed by atoms with Crippen LogP contribution in [-0.4, -0.2) is 61.6 Å². The van der Waals surface area contributed by atoms with Gasteiger partial charge in [-0.2, -0.15) is 5.26 Å². The van der Waals surface area contributed by atoms with E-state index in [-0.39, 0.29) is 5.91 Å². The van der Waals surface area contributed by atoms with Crippen molar-refractivity contribution in [1.29, 1.82) is 5.26 Å². The van der Waals surface area contributed by atoms with Crippen LogP contribution in [0.1, 0.15) is 16.8 Å². The van der Waals surface area contributed by atoms with E-state index >= 15 is 0 Å². The predicted octanol–water partition coefficient (Wildman–Crippen LogP) is 2.20. The largest absolute Gasteiger partial charge is 0.379 e. The molecule has 2 heterocycles. The van der Waals surface area contributed by atoms with Gasteiger partial charge >= 0.3 is 0 Å². The van der Waals surface area contributed by atoms with Crippen LogP contribution in [0.3, 0.4) is 0 Å². The molecule has 21 heavy (non-hydrogen) atoms. The van der Waals surface area contributed by atoms with Gasteiger partial charge in [0, 0.05) is 38.1 Å². The molecule has 7 heteroatoms. The lowest BCUT2D eigenvalue weighted by Gasteiger charge is -2.29. The summed E-state index contributed by atoms with van der Waals surface area (Å²) in [6.45, 7) is 5.27. The summed E-state index contributed by atoms with van der Waals surface area (Å²) in [5, 5.41) is 10.6. The molecule has 0 saturated carbocycles. The monoisotopic (exact) mass is 371 g/mol. The average molecular weight is 372 g/mol. The molecule has 0 atom stereocenters. The molecule has 1 aromatic heterocycles. The maximum absolute atomic E-state index is 12.5. The highest BCUT2D eigenvalue weighted by Gasteiger charge is 2.18. The van der Waals surface area contributed by atoms with Crippen LogP contribution in [0.2, 0.25) is 0 Å². The first-order chi connectivity index (χ1) is 10.2. The Kier molecular flexibility index (Phi) is 6.64. The molecular formula is C14H18BrN3O2S. The molecule has 0 aliphatic carbocycles. The van der Waals surface area contributed by atoms with E-state index in [1.54, 1.807) is 4.90 Å². The fraction of sp³-hybridized carbons (Fsp3) is 0.571. The summed E-state index contributed by atoms with van der Waals surface area (Å²) in [5.74, 6) is 0.000425. The van der Waals surface area contributed by atoms with Gasteiger partial charge in [-0.1, -0.05) is 0 Å². The number of halogens is 1. The van der Waals surface area contributed by atoms with Crippen molar-refractivity contribution >= 4 is 33.2 Å². The van der Waals surface area contributed by atoms with Gasteiger partial charge in [0.2, 0.25) is 0 Å². The molecule has 0 unspecified atom stereocenters. The molecule has 0 aromatic carbocycles. The highest BCUT2D eigenvalue weighted by molar-refractivity contribution is 9.11. The van der Waals surface area contributed by atoms with Crippen LogP contribution in [0.15, 0.2) is 15.2 Å². The zero-order valence-electron chi connectivity index (χ0n) is 11.8. The van der Waals surface area contributed by atoms with E-state index in [0.717, 1.165) is 36.6 Å². The lowest BCUT2D eigenvalue weighted by Crippen LogP contribution is -2.43. The number of amides is 1. The normalized spacial score (nSPS) is 15.6. The second-order valence-electron chi connectivity index (χ2n) is 4.79. The van der Waals surface area contributed by atoms with Crippen molar-refractivity contribution in [3.63, 3.8) is 0 Å². The number of nitrogens with zero attached hydrogens (tertiary/aromatic N) is 3. The molecule has 1 aromatic rings. The zero-order valence-corrected chi connectivity index (χ0v) is 14.2. The molecule has 5 nitrogen and oxygen atoms in total. The van der Waals surface area contributed by atoms with Gasteiger partial charge in [0.15, 0.2) is 0 Å². The molecule has 1 amide bonds. The van der Waals surface area contributed by atoms with Gasteiger partial charge in [-0.3, -0.25) is 9.69 Å². The molecule has 2 rings (SSSR count). The summed E-state index contributed by atoms with van der Waals surface area (Å²) in [6.07, 6.45) is 0.361. The van der Waals surface area contributed by atoms with E-state index in [1.165, 1.54) is 11.3 Å². The molecule has 1 aliphatic heterocycles. The Morgan fingerprint density at radius 3 is 2.86 bits per heavy atom. The Morgan fingerprint density at radius 2 is 2.24 bits per heavy atom. The third-order valence-corrected chi connectivity index (χ3v) is 4.89. The maximum atomic E-state index is 12.5. The number of nitriles is 1. The van der Waals surface area contributed by atoms with Gasteiger partial charge in [0.1, 0.15) is 0 Å². The second kappa shape index (κ2) is 8.49. The Labute approximate surface area is 137 Å². The number of carbonyl (C=O) groups excluding carboxylic acids is 1. The van der Waals surface area contributed by atoms with Crippen molar-refractivity contribution in [2.75, 3.05) is 45.9 Å². The quantitative estimate of drug-likeness (QED) is 0.768. The SMILES string of the molecule is N#CCCN(CCN1CCOCC1)C(=O)c1csc(Br)c1. The highest BCUT2D eigenvalue weighted by atomic mass is 79.9. The van der Waals surface area contributed by atoms with E-state index in [0.29, 0.717) is 25.1 Å². The summed E-state index contributed by atoms with van der Waals surface area (Å²) in [6, 6.07) is 3.95. The standard InChI is InChI=1S/C14H18BrN3O2S/c15-13-10-12(11-21-13)14(19)18(3-1-2-16)5-4-17-6-8-20-9-7-17/h10-11H,1,3-9H2. The first-order valence-corrected chi connectivity index (χ1v) is 8.58. The lowest BCUT2D eigenvalue weighted by atomic mass is 10.2. The maximum Gasteiger partial charge on any atom is 0.254 e. The third kappa shape index (κ3) is 5.08. The molecule has 1 fully saturated rings. The van der Waals surface area contributed by atoms with E-state index in [4.69, 9.17) is 10.00 Å². The van der Waals surface area contributed by atoms with E-state index < -0.39 is 0 Å². The van der Waals surface area contributed by atoms with E-state index in [1.807, 2.05) is 11.4 Å². The first kappa shape index (κ1) is 16.4. The number of carbonyl (C=O) groups is 1. The van der Waals surface area contributed by atoms with Crippen molar-refractivity contribution in [3.05, 3.63) is 20.8 Å². The number of thiophene rings is 1. The molecule has 0 bridgehead atoms. The van der Waals surface area contributed by atoms with Crippen molar-refractivity contribution in [2.24, 2.45) is 0 Å². The zero-order chi connectivity index (χ0) is 15.1.